The minimum atomic E-state index is -1.21. The first kappa shape index (κ1) is 14.2. The second kappa shape index (κ2) is 5.84. The van der Waals surface area contributed by atoms with Gasteiger partial charge in [-0.3, -0.25) is 9.59 Å². The predicted octanol–water partition coefficient (Wildman–Crippen LogP) is 1.34. The molecule has 0 aromatic heterocycles. The van der Waals surface area contributed by atoms with Crippen molar-refractivity contribution in [2.45, 2.75) is 44.3 Å². The molecular weight excluding hydrogens is 248 g/mol. The maximum atomic E-state index is 11.9. The smallest absolute Gasteiger partial charge is 0.305 e. The number of rotatable bonds is 4. The van der Waals surface area contributed by atoms with Crippen molar-refractivity contribution >= 4 is 11.8 Å². The molecule has 0 amide bonds. The monoisotopic (exact) mass is 268 g/mol. The number of Topliss-reactive ketones (excluding diaryl/α,β-unsaturated/α-hetero) is 1. The largest absolute Gasteiger partial charge is 0.469 e. The maximum absolute atomic E-state index is 11.9. The van der Waals surface area contributed by atoms with E-state index in [9.17, 15) is 14.7 Å². The average molecular weight is 268 g/mol. The number of carbonyl (C=O) groups excluding carboxylic acids is 2. The summed E-state index contributed by atoms with van der Waals surface area (Å²) in [5, 5.41) is 10.4. The van der Waals surface area contributed by atoms with E-state index in [-0.39, 0.29) is 30.5 Å². The molecule has 0 spiro atoms. The van der Waals surface area contributed by atoms with Crippen LogP contribution in [0.1, 0.15) is 38.5 Å². The minimum absolute atomic E-state index is 0.00324. The van der Waals surface area contributed by atoms with Crippen molar-refractivity contribution in [1.29, 1.82) is 0 Å². The summed E-state index contributed by atoms with van der Waals surface area (Å²) >= 11 is 0. The molecule has 0 bridgehead atoms. The van der Waals surface area contributed by atoms with Crippen LogP contribution in [0.2, 0.25) is 0 Å². The van der Waals surface area contributed by atoms with Crippen molar-refractivity contribution in [3.8, 4) is 0 Å². The van der Waals surface area contributed by atoms with E-state index < -0.39 is 5.79 Å². The molecule has 1 heterocycles. The molecule has 2 unspecified atom stereocenters. The zero-order valence-corrected chi connectivity index (χ0v) is 11.2. The minimum Gasteiger partial charge on any atom is -0.469 e. The first-order chi connectivity index (χ1) is 9.05. The Morgan fingerprint density at radius 3 is 3.00 bits per heavy atom. The van der Waals surface area contributed by atoms with Gasteiger partial charge in [0.2, 0.25) is 0 Å². The molecule has 1 fully saturated rings. The Morgan fingerprint density at radius 2 is 2.37 bits per heavy atom. The summed E-state index contributed by atoms with van der Waals surface area (Å²) in [7, 11) is 1.33. The van der Waals surface area contributed by atoms with Crippen LogP contribution in [0.15, 0.2) is 11.6 Å². The van der Waals surface area contributed by atoms with Crippen LogP contribution in [0, 0.1) is 5.92 Å². The van der Waals surface area contributed by atoms with E-state index in [0.29, 0.717) is 25.0 Å². The van der Waals surface area contributed by atoms with Crippen LogP contribution in [-0.2, 0) is 19.1 Å². The topological polar surface area (TPSA) is 72.8 Å². The van der Waals surface area contributed by atoms with E-state index in [4.69, 9.17) is 4.74 Å². The number of aliphatic hydroxyl groups is 1. The summed E-state index contributed by atoms with van der Waals surface area (Å²) in [4.78, 5) is 23.0. The summed E-state index contributed by atoms with van der Waals surface area (Å²) in [5.74, 6) is -1.82. The van der Waals surface area contributed by atoms with Gasteiger partial charge < -0.3 is 14.6 Å². The molecule has 0 saturated carbocycles. The van der Waals surface area contributed by atoms with E-state index in [0.717, 1.165) is 12.8 Å². The fourth-order valence-electron chi connectivity index (χ4n) is 2.67. The molecule has 1 aliphatic carbocycles. The van der Waals surface area contributed by atoms with Gasteiger partial charge in [-0.2, -0.15) is 0 Å². The van der Waals surface area contributed by atoms with Crippen LogP contribution in [0.4, 0.5) is 0 Å². The van der Waals surface area contributed by atoms with Crippen LogP contribution < -0.4 is 0 Å². The Bertz CT molecular complexity index is 393. The SMILES string of the molecule is COC(=O)CCC1=CC(C2(O)CCCCO2)CC1=O. The molecule has 19 heavy (non-hydrogen) atoms. The molecule has 0 aromatic carbocycles. The fraction of sp³-hybridized carbons (Fsp3) is 0.714. The first-order valence-electron chi connectivity index (χ1n) is 6.72. The summed E-state index contributed by atoms with van der Waals surface area (Å²) in [6, 6.07) is 0. The van der Waals surface area contributed by atoms with Crippen LogP contribution >= 0.6 is 0 Å². The highest BCUT2D eigenvalue weighted by molar-refractivity contribution is 5.98. The van der Waals surface area contributed by atoms with Gasteiger partial charge in [-0.05, 0) is 24.8 Å². The Balaban J connectivity index is 1.99. The molecule has 1 N–H and O–H groups in total. The Morgan fingerprint density at radius 1 is 1.58 bits per heavy atom. The van der Waals surface area contributed by atoms with Gasteiger partial charge >= 0.3 is 5.97 Å². The number of esters is 1. The lowest BCUT2D eigenvalue weighted by Crippen LogP contribution is -2.42. The number of hydrogen-bond donors (Lipinski definition) is 1. The van der Waals surface area contributed by atoms with Gasteiger partial charge in [-0.1, -0.05) is 6.08 Å². The van der Waals surface area contributed by atoms with Crippen LogP contribution in [0.5, 0.6) is 0 Å². The Kier molecular flexibility index (Phi) is 4.37. The third-order valence-corrected chi connectivity index (χ3v) is 3.85. The zero-order valence-electron chi connectivity index (χ0n) is 11.2. The van der Waals surface area contributed by atoms with E-state index in [1.54, 1.807) is 6.08 Å². The van der Waals surface area contributed by atoms with E-state index in [2.05, 4.69) is 4.74 Å². The molecule has 0 aromatic rings. The molecule has 2 atom stereocenters. The maximum Gasteiger partial charge on any atom is 0.305 e. The van der Waals surface area contributed by atoms with E-state index >= 15 is 0 Å². The third-order valence-electron chi connectivity index (χ3n) is 3.85. The summed E-state index contributed by atoms with van der Waals surface area (Å²) in [6.07, 6.45) is 5.03. The zero-order chi connectivity index (χ0) is 13.9. The second-order valence-electron chi connectivity index (χ2n) is 5.15. The Hall–Kier alpha value is -1.20. The molecule has 2 aliphatic rings. The quantitative estimate of drug-likeness (QED) is 0.779. The van der Waals surface area contributed by atoms with Gasteiger partial charge in [0.05, 0.1) is 13.7 Å². The highest BCUT2D eigenvalue weighted by Crippen LogP contribution is 2.38. The molecule has 1 aliphatic heterocycles. The summed E-state index contributed by atoms with van der Waals surface area (Å²) < 4.78 is 10.0. The van der Waals surface area contributed by atoms with Crippen LogP contribution in [0.25, 0.3) is 0 Å². The third kappa shape index (κ3) is 3.22. The Labute approximate surface area is 112 Å². The van der Waals surface area contributed by atoms with Crippen molar-refractivity contribution in [3.05, 3.63) is 11.6 Å². The number of ether oxygens (including phenoxy) is 2. The van der Waals surface area contributed by atoms with Gasteiger partial charge in [-0.15, -0.1) is 0 Å². The predicted molar refractivity (Wildman–Crippen MR) is 67.2 cm³/mol. The van der Waals surface area contributed by atoms with E-state index in [1.807, 2.05) is 0 Å². The first-order valence-corrected chi connectivity index (χ1v) is 6.72. The molecule has 106 valence electrons. The molecule has 2 rings (SSSR count). The van der Waals surface area contributed by atoms with Gasteiger partial charge in [0.25, 0.3) is 0 Å². The fourth-order valence-corrected chi connectivity index (χ4v) is 2.67. The van der Waals surface area contributed by atoms with Gasteiger partial charge in [0.1, 0.15) is 0 Å². The highest BCUT2D eigenvalue weighted by atomic mass is 16.6. The lowest BCUT2D eigenvalue weighted by atomic mass is 9.91. The number of hydrogen-bond acceptors (Lipinski definition) is 5. The number of ketones is 1. The van der Waals surface area contributed by atoms with Gasteiger partial charge in [-0.25, -0.2) is 0 Å². The summed E-state index contributed by atoms with van der Waals surface area (Å²) in [5.41, 5.74) is 0.609. The van der Waals surface area contributed by atoms with Crippen LogP contribution in [-0.4, -0.2) is 36.4 Å². The van der Waals surface area contributed by atoms with Crippen LogP contribution in [0.3, 0.4) is 0 Å². The normalized spacial score (nSPS) is 31.2. The molecular formula is C14H20O5. The second-order valence-corrected chi connectivity index (χ2v) is 5.15. The summed E-state index contributed by atoms with van der Waals surface area (Å²) in [6.45, 7) is 0.534. The van der Waals surface area contributed by atoms with Crippen molar-refractivity contribution < 1.29 is 24.2 Å². The number of carbonyl (C=O) groups is 2. The highest BCUT2D eigenvalue weighted by Gasteiger charge is 2.42. The molecule has 5 heteroatoms. The van der Waals surface area contributed by atoms with Gasteiger partial charge in [0, 0.05) is 25.2 Å². The molecule has 0 radical (unpaired) electrons. The number of allylic oxidation sites excluding steroid dienone is 1. The van der Waals surface area contributed by atoms with Crippen molar-refractivity contribution in [1.82, 2.24) is 0 Å². The molecule has 1 saturated heterocycles. The number of methoxy groups -OCH3 is 1. The van der Waals surface area contributed by atoms with Gasteiger partial charge in [0.15, 0.2) is 11.6 Å². The van der Waals surface area contributed by atoms with Crippen molar-refractivity contribution in [2.75, 3.05) is 13.7 Å². The lowest BCUT2D eigenvalue weighted by Gasteiger charge is -2.36. The lowest BCUT2D eigenvalue weighted by molar-refractivity contribution is -0.246. The average Bonchev–Trinajstić information content (AvgIpc) is 2.79. The van der Waals surface area contributed by atoms with Crippen molar-refractivity contribution in [3.63, 3.8) is 0 Å². The standard InChI is InChI=1S/C14H20O5/c1-18-13(16)5-4-10-8-11(9-12(10)15)14(17)6-2-3-7-19-14/h8,11,17H,2-7,9H2,1H3. The van der Waals surface area contributed by atoms with E-state index in [1.165, 1.54) is 7.11 Å². The van der Waals surface area contributed by atoms with Crippen molar-refractivity contribution in [2.24, 2.45) is 5.92 Å². The molecule has 5 nitrogen and oxygen atoms in total.